The molecule has 3 aromatic carbocycles. The zero-order valence-corrected chi connectivity index (χ0v) is 20.0. The van der Waals surface area contributed by atoms with Gasteiger partial charge in [0.15, 0.2) is 11.6 Å². The molecule has 2 heterocycles. The third-order valence-corrected chi connectivity index (χ3v) is 7.69. The van der Waals surface area contributed by atoms with Crippen LogP contribution in [-0.2, 0) is 9.53 Å². The quantitative estimate of drug-likeness (QED) is 0.399. The maximum Gasteiger partial charge on any atom is 0.329 e. The Kier molecular flexibility index (Phi) is 5.07. The number of carbonyl (C=O) groups is 3. The zero-order chi connectivity index (χ0) is 25.0. The Morgan fingerprint density at radius 3 is 2.33 bits per heavy atom. The third kappa shape index (κ3) is 2.81. The lowest BCUT2D eigenvalue weighted by atomic mass is 9.64. The minimum Gasteiger partial charge on any atom is -0.497 e. The van der Waals surface area contributed by atoms with Crippen LogP contribution < -0.4 is 9.64 Å². The Balaban J connectivity index is 1.68. The molecule has 0 aromatic heterocycles. The number of para-hydroxylation sites is 1. The van der Waals surface area contributed by atoms with Gasteiger partial charge in [-0.05, 0) is 36.2 Å². The Morgan fingerprint density at radius 1 is 0.944 bits per heavy atom. The molecule has 1 aliphatic carbocycles. The summed E-state index contributed by atoms with van der Waals surface area (Å²) in [6.07, 6.45) is 3.84. The first-order chi connectivity index (χ1) is 17.5. The van der Waals surface area contributed by atoms with Crippen LogP contribution in [0, 0.1) is 5.41 Å². The van der Waals surface area contributed by atoms with Crippen LogP contribution in [0.1, 0.15) is 44.7 Å². The van der Waals surface area contributed by atoms with Crippen LogP contribution in [0.3, 0.4) is 0 Å². The van der Waals surface area contributed by atoms with Gasteiger partial charge in [-0.2, -0.15) is 0 Å². The van der Waals surface area contributed by atoms with Gasteiger partial charge in [0.25, 0.3) is 0 Å². The highest BCUT2D eigenvalue weighted by Gasteiger charge is 2.72. The van der Waals surface area contributed by atoms with E-state index in [1.807, 2.05) is 59.5 Å². The Morgan fingerprint density at radius 2 is 1.64 bits per heavy atom. The molecule has 1 fully saturated rings. The number of esters is 1. The number of rotatable bonds is 4. The highest BCUT2D eigenvalue weighted by atomic mass is 16.5. The average molecular weight is 480 g/mol. The van der Waals surface area contributed by atoms with Crippen molar-refractivity contribution in [1.82, 2.24) is 0 Å². The molecule has 0 bridgehead atoms. The Labute approximate surface area is 209 Å². The van der Waals surface area contributed by atoms with Crippen LogP contribution in [0.5, 0.6) is 5.75 Å². The van der Waals surface area contributed by atoms with Crippen LogP contribution in [0.25, 0.3) is 6.08 Å². The van der Waals surface area contributed by atoms with Crippen molar-refractivity contribution >= 4 is 29.3 Å². The molecule has 6 nitrogen and oxygen atoms in total. The maximum atomic E-state index is 14.4. The van der Waals surface area contributed by atoms with Crippen molar-refractivity contribution in [3.05, 3.63) is 101 Å². The first kappa shape index (κ1) is 22.3. The molecule has 0 unspecified atom stereocenters. The molecule has 3 atom stereocenters. The number of hydrogen-bond donors (Lipinski definition) is 0. The molecule has 0 saturated carbocycles. The van der Waals surface area contributed by atoms with Crippen molar-refractivity contribution in [2.75, 3.05) is 18.6 Å². The van der Waals surface area contributed by atoms with E-state index in [1.54, 1.807) is 44.4 Å². The number of benzene rings is 3. The van der Waals surface area contributed by atoms with Crippen LogP contribution in [-0.4, -0.2) is 43.3 Å². The highest BCUT2D eigenvalue weighted by Crippen LogP contribution is 2.60. The van der Waals surface area contributed by atoms with Gasteiger partial charge in [-0.3, -0.25) is 9.59 Å². The second-order valence-electron chi connectivity index (χ2n) is 9.29. The summed E-state index contributed by atoms with van der Waals surface area (Å²) >= 11 is 0. The molecule has 6 rings (SSSR count). The van der Waals surface area contributed by atoms with Gasteiger partial charge in [0, 0.05) is 22.7 Å². The molecule has 0 amide bonds. The molecule has 6 heteroatoms. The van der Waals surface area contributed by atoms with Crippen molar-refractivity contribution in [3.63, 3.8) is 0 Å². The SMILES string of the molecule is CCOC(=O)[C@@H]1[C@@H](c2cccc(OC)c2)C2(C(=O)c3ccccc3C2=O)[C@H]2C=Cc3ccccc3N12. The summed E-state index contributed by atoms with van der Waals surface area (Å²) in [5.41, 5.74) is 1.66. The van der Waals surface area contributed by atoms with Crippen LogP contribution in [0.4, 0.5) is 5.69 Å². The highest BCUT2D eigenvalue weighted by molar-refractivity contribution is 6.32. The van der Waals surface area contributed by atoms with E-state index in [-0.39, 0.29) is 18.2 Å². The predicted octanol–water partition coefficient (Wildman–Crippen LogP) is 4.69. The van der Waals surface area contributed by atoms with Crippen LogP contribution in [0.15, 0.2) is 78.9 Å². The number of fused-ring (bicyclic) bond motifs is 5. The molecule has 36 heavy (non-hydrogen) atoms. The number of Topliss-reactive ketones (excluding diaryl/α,β-unsaturated/α-hetero) is 2. The van der Waals surface area contributed by atoms with E-state index in [4.69, 9.17) is 9.47 Å². The van der Waals surface area contributed by atoms with Crippen LogP contribution in [0.2, 0.25) is 0 Å². The van der Waals surface area contributed by atoms with E-state index >= 15 is 0 Å². The molecule has 2 aliphatic heterocycles. The maximum absolute atomic E-state index is 14.4. The molecule has 0 N–H and O–H groups in total. The van der Waals surface area contributed by atoms with E-state index in [9.17, 15) is 14.4 Å². The topological polar surface area (TPSA) is 72.9 Å². The normalized spacial score (nSPS) is 22.8. The second-order valence-corrected chi connectivity index (χ2v) is 9.29. The number of ether oxygens (including phenoxy) is 2. The third-order valence-electron chi connectivity index (χ3n) is 7.69. The number of hydrogen-bond acceptors (Lipinski definition) is 6. The largest absolute Gasteiger partial charge is 0.497 e. The first-order valence-corrected chi connectivity index (χ1v) is 12.1. The molecule has 0 radical (unpaired) electrons. The van der Waals surface area contributed by atoms with Crippen LogP contribution >= 0.6 is 0 Å². The molecular formula is C30H25NO5. The van der Waals surface area contributed by atoms with Gasteiger partial charge >= 0.3 is 5.97 Å². The van der Waals surface area contributed by atoms with Gasteiger partial charge in [-0.15, -0.1) is 0 Å². The summed E-state index contributed by atoms with van der Waals surface area (Å²) in [7, 11) is 1.57. The van der Waals surface area contributed by atoms with E-state index in [1.165, 1.54) is 0 Å². The summed E-state index contributed by atoms with van der Waals surface area (Å²) < 4.78 is 11.1. The number of ketones is 2. The second kappa shape index (κ2) is 8.19. The van der Waals surface area contributed by atoms with E-state index in [2.05, 4.69) is 0 Å². The zero-order valence-electron chi connectivity index (χ0n) is 20.0. The number of nitrogens with zero attached hydrogens (tertiary/aromatic N) is 1. The molecule has 180 valence electrons. The first-order valence-electron chi connectivity index (χ1n) is 12.1. The van der Waals surface area contributed by atoms with Crippen molar-refractivity contribution in [2.45, 2.75) is 24.9 Å². The Bertz CT molecular complexity index is 1410. The lowest BCUT2D eigenvalue weighted by Crippen LogP contribution is -2.48. The van der Waals surface area contributed by atoms with Crippen molar-refractivity contribution in [3.8, 4) is 5.75 Å². The molecule has 1 spiro atoms. The van der Waals surface area contributed by atoms with Gasteiger partial charge < -0.3 is 14.4 Å². The van der Waals surface area contributed by atoms with Gasteiger partial charge in [0.05, 0.1) is 19.8 Å². The van der Waals surface area contributed by atoms with Gasteiger partial charge in [-0.25, -0.2) is 4.79 Å². The van der Waals surface area contributed by atoms with Crippen molar-refractivity contribution < 1.29 is 23.9 Å². The minimum absolute atomic E-state index is 0.186. The Hall–Kier alpha value is -4.19. The summed E-state index contributed by atoms with van der Waals surface area (Å²) in [5, 5.41) is 0. The molecule has 3 aromatic rings. The standard InChI is InChI=1S/C30H25NO5/c1-3-36-29(34)26-25(19-10-8-11-20(17-19)35-2)30(27(32)21-12-5-6-13-22(21)28(30)33)24-16-15-18-9-4-7-14-23(18)31(24)26/h4-17,24-26H,3H2,1-2H3/t24-,25-,26+/m1/s1. The lowest BCUT2D eigenvalue weighted by Gasteiger charge is -2.36. The van der Waals surface area contributed by atoms with Crippen molar-refractivity contribution in [1.29, 1.82) is 0 Å². The van der Waals surface area contributed by atoms with E-state index < -0.39 is 29.4 Å². The fraction of sp³-hybridized carbons (Fsp3) is 0.233. The number of anilines is 1. The molecule has 3 aliphatic rings. The average Bonchev–Trinajstić information content (AvgIpc) is 3.35. The number of carbonyl (C=O) groups excluding carboxylic acids is 3. The predicted molar refractivity (Wildman–Crippen MR) is 135 cm³/mol. The van der Waals surface area contributed by atoms with E-state index in [0.29, 0.717) is 22.4 Å². The molecular weight excluding hydrogens is 454 g/mol. The lowest BCUT2D eigenvalue weighted by molar-refractivity contribution is -0.145. The summed E-state index contributed by atoms with van der Waals surface area (Å²) in [6, 6.07) is 20.4. The van der Waals surface area contributed by atoms with Gasteiger partial charge in [-0.1, -0.05) is 66.7 Å². The van der Waals surface area contributed by atoms with Gasteiger partial charge in [0.1, 0.15) is 17.2 Å². The van der Waals surface area contributed by atoms with Crippen molar-refractivity contribution in [2.24, 2.45) is 5.41 Å². The summed E-state index contributed by atoms with van der Waals surface area (Å²) in [5.74, 6) is -1.20. The minimum atomic E-state index is -1.53. The monoisotopic (exact) mass is 479 g/mol. The van der Waals surface area contributed by atoms with E-state index in [0.717, 1.165) is 11.3 Å². The van der Waals surface area contributed by atoms with Gasteiger partial charge in [0.2, 0.25) is 0 Å². The summed E-state index contributed by atoms with van der Waals surface area (Å²) in [6.45, 7) is 1.94. The molecule has 1 saturated heterocycles. The smallest absolute Gasteiger partial charge is 0.329 e. The fourth-order valence-corrected chi connectivity index (χ4v) is 6.33. The number of methoxy groups -OCH3 is 1. The summed E-state index contributed by atoms with van der Waals surface area (Å²) in [4.78, 5) is 44.5. The fourth-order valence-electron chi connectivity index (χ4n) is 6.33.